The van der Waals surface area contributed by atoms with Crippen LogP contribution in [0.2, 0.25) is 0 Å². The van der Waals surface area contributed by atoms with Crippen molar-refractivity contribution >= 4 is 10.9 Å². The third-order valence-corrected chi connectivity index (χ3v) is 3.47. The first kappa shape index (κ1) is 13.6. The molecule has 3 nitrogen and oxygen atoms in total. The van der Waals surface area contributed by atoms with Crippen molar-refractivity contribution in [2.75, 3.05) is 0 Å². The minimum Gasteiger partial charge on any atom is -0.457 e. The van der Waals surface area contributed by atoms with E-state index in [0.29, 0.717) is 12.2 Å². The average Bonchev–Trinajstić information content (AvgIpc) is 2.54. The van der Waals surface area contributed by atoms with Gasteiger partial charge in [0.1, 0.15) is 11.5 Å². The summed E-state index contributed by atoms with van der Waals surface area (Å²) in [7, 11) is 0. The van der Waals surface area contributed by atoms with Gasteiger partial charge in [-0.05, 0) is 30.7 Å². The van der Waals surface area contributed by atoms with Crippen LogP contribution in [0.3, 0.4) is 0 Å². The van der Waals surface area contributed by atoms with E-state index in [1.54, 1.807) is 6.20 Å². The number of ether oxygens (including phenoxy) is 1. The van der Waals surface area contributed by atoms with Crippen molar-refractivity contribution in [3.63, 3.8) is 0 Å². The summed E-state index contributed by atoms with van der Waals surface area (Å²) < 4.78 is 5.94. The van der Waals surface area contributed by atoms with E-state index in [4.69, 9.17) is 4.74 Å². The Morgan fingerprint density at radius 1 is 1.10 bits per heavy atom. The van der Waals surface area contributed by atoms with Crippen molar-refractivity contribution in [3.05, 3.63) is 66.4 Å². The third-order valence-electron chi connectivity index (χ3n) is 3.47. The predicted molar refractivity (Wildman–Crippen MR) is 83.5 cm³/mol. The molecule has 0 saturated carbocycles. The molecule has 0 aliphatic rings. The second-order valence-corrected chi connectivity index (χ2v) is 4.92. The highest BCUT2D eigenvalue weighted by Gasteiger charge is 2.11. The molecule has 2 aromatic carbocycles. The van der Waals surface area contributed by atoms with Crippen LogP contribution in [-0.4, -0.2) is 10.1 Å². The molecule has 21 heavy (non-hydrogen) atoms. The van der Waals surface area contributed by atoms with Gasteiger partial charge < -0.3 is 9.84 Å². The molecule has 1 atom stereocenters. The van der Waals surface area contributed by atoms with E-state index in [-0.39, 0.29) is 0 Å². The van der Waals surface area contributed by atoms with E-state index in [1.807, 2.05) is 61.5 Å². The number of aliphatic hydroxyl groups is 1. The summed E-state index contributed by atoms with van der Waals surface area (Å²) in [4.78, 5) is 4.33. The summed E-state index contributed by atoms with van der Waals surface area (Å²) >= 11 is 0. The standard InChI is InChI=1S/C18H17NO2/c1-2-17(20)15-7-3-4-8-18(15)21-14-10-9-13-6-5-11-19-16(13)12-14/h3-12,17,20H,2H2,1H3/t17-/m1/s1. The topological polar surface area (TPSA) is 42.4 Å². The molecular weight excluding hydrogens is 262 g/mol. The van der Waals surface area contributed by atoms with Gasteiger partial charge in [-0.1, -0.05) is 31.2 Å². The molecule has 0 aliphatic heterocycles. The lowest BCUT2D eigenvalue weighted by Gasteiger charge is -2.14. The second kappa shape index (κ2) is 5.94. The molecule has 0 radical (unpaired) electrons. The maximum atomic E-state index is 10.1. The normalized spacial score (nSPS) is 12.3. The molecule has 1 heterocycles. The molecule has 0 amide bonds. The fraction of sp³-hybridized carbons (Fsp3) is 0.167. The van der Waals surface area contributed by atoms with Crippen LogP contribution in [0.25, 0.3) is 10.9 Å². The van der Waals surface area contributed by atoms with Crippen molar-refractivity contribution in [1.82, 2.24) is 4.98 Å². The van der Waals surface area contributed by atoms with Crippen LogP contribution in [0.1, 0.15) is 25.0 Å². The first-order valence-electron chi connectivity index (χ1n) is 7.07. The van der Waals surface area contributed by atoms with E-state index in [1.165, 1.54) is 0 Å². The van der Waals surface area contributed by atoms with Crippen LogP contribution < -0.4 is 4.74 Å². The summed E-state index contributed by atoms with van der Waals surface area (Å²) in [5.74, 6) is 1.40. The molecule has 0 bridgehead atoms. The predicted octanol–water partition coefficient (Wildman–Crippen LogP) is 4.47. The summed E-state index contributed by atoms with van der Waals surface area (Å²) in [5.41, 5.74) is 1.70. The van der Waals surface area contributed by atoms with Crippen LogP contribution >= 0.6 is 0 Å². The fourth-order valence-corrected chi connectivity index (χ4v) is 2.31. The largest absolute Gasteiger partial charge is 0.457 e. The van der Waals surface area contributed by atoms with E-state index in [9.17, 15) is 5.11 Å². The Bertz CT molecular complexity index is 755. The van der Waals surface area contributed by atoms with Gasteiger partial charge in [0.2, 0.25) is 0 Å². The zero-order valence-corrected chi connectivity index (χ0v) is 11.9. The number of hydrogen-bond acceptors (Lipinski definition) is 3. The highest BCUT2D eigenvalue weighted by Crippen LogP contribution is 2.31. The highest BCUT2D eigenvalue weighted by atomic mass is 16.5. The smallest absolute Gasteiger partial charge is 0.133 e. The van der Waals surface area contributed by atoms with Crippen LogP contribution in [0, 0.1) is 0 Å². The van der Waals surface area contributed by atoms with Crippen LogP contribution in [0.15, 0.2) is 60.8 Å². The Hall–Kier alpha value is -2.39. The molecule has 3 aromatic rings. The summed E-state index contributed by atoms with van der Waals surface area (Å²) in [5, 5.41) is 11.1. The molecule has 1 aromatic heterocycles. The molecule has 0 fully saturated rings. The number of rotatable bonds is 4. The van der Waals surface area contributed by atoms with Gasteiger partial charge in [0.05, 0.1) is 11.6 Å². The fourth-order valence-electron chi connectivity index (χ4n) is 2.31. The van der Waals surface area contributed by atoms with Crippen LogP contribution in [0.4, 0.5) is 0 Å². The third kappa shape index (κ3) is 2.88. The van der Waals surface area contributed by atoms with Crippen LogP contribution in [0.5, 0.6) is 11.5 Å². The first-order valence-corrected chi connectivity index (χ1v) is 7.07. The van der Waals surface area contributed by atoms with Gasteiger partial charge in [-0.2, -0.15) is 0 Å². The van der Waals surface area contributed by atoms with Crippen molar-refractivity contribution in [2.24, 2.45) is 0 Å². The Morgan fingerprint density at radius 2 is 1.95 bits per heavy atom. The number of pyridine rings is 1. The molecule has 3 heteroatoms. The summed E-state index contributed by atoms with van der Waals surface area (Å²) in [6.07, 6.45) is 1.90. The molecule has 0 saturated heterocycles. The lowest BCUT2D eigenvalue weighted by atomic mass is 10.1. The summed E-state index contributed by atoms with van der Waals surface area (Å²) in [6.45, 7) is 1.95. The number of hydrogen-bond donors (Lipinski definition) is 1. The number of nitrogens with zero attached hydrogens (tertiary/aromatic N) is 1. The number of fused-ring (bicyclic) bond motifs is 1. The van der Waals surface area contributed by atoms with E-state index < -0.39 is 6.10 Å². The zero-order chi connectivity index (χ0) is 14.7. The Labute approximate surface area is 123 Å². The van der Waals surface area contributed by atoms with Gasteiger partial charge in [-0.3, -0.25) is 4.98 Å². The first-order chi connectivity index (χ1) is 10.3. The zero-order valence-electron chi connectivity index (χ0n) is 11.9. The van der Waals surface area contributed by atoms with Gasteiger partial charge >= 0.3 is 0 Å². The maximum absolute atomic E-state index is 10.1. The van der Waals surface area contributed by atoms with Crippen molar-refractivity contribution in [2.45, 2.75) is 19.4 Å². The van der Waals surface area contributed by atoms with Gasteiger partial charge in [0, 0.05) is 23.2 Å². The molecule has 1 N–H and O–H groups in total. The second-order valence-electron chi connectivity index (χ2n) is 4.92. The van der Waals surface area contributed by atoms with Crippen molar-refractivity contribution < 1.29 is 9.84 Å². The molecule has 0 aliphatic carbocycles. The Morgan fingerprint density at radius 3 is 2.81 bits per heavy atom. The van der Waals surface area contributed by atoms with Crippen molar-refractivity contribution in [1.29, 1.82) is 0 Å². The SMILES string of the molecule is CC[C@@H](O)c1ccccc1Oc1ccc2cccnc2c1. The lowest BCUT2D eigenvalue weighted by molar-refractivity contribution is 0.170. The highest BCUT2D eigenvalue weighted by molar-refractivity contribution is 5.79. The van der Waals surface area contributed by atoms with E-state index in [2.05, 4.69) is 4.98 Å². The quantitative estimate of drug-likeness (QED) is 0.766. The Kier molecular flexibility index (Phi) is 3.84. The number of aromatic nitrogens is 1. The molecule has 0 spiro atoms. The number of para-hydroxylation sites is 1. The molecular formula is C18H17NO2. The van der Waals surface area contributed by atoms with E-state index >= 15 is 0 Å². The average molecular weight is 279 g/mol. The lowest BCUT2D eigenvalue weighted by Crippen LogP contribution is -1.98. The number of benzene rings is 2. The molecule has 3 rings (SSSR count). The van der Waals surface area contributed by atoms with Gasteiger partial charge in [-0.15, -0.1) is 0 Å². The Balaban J connectivity index is 1.95. The summed E-state index contributed by atoms with van der Waals surface area (Å²) in [6, 6.07) is 17.3. The minimum atomic E-state index is -0.514. The van der Waals surface area contributed by atoms with Crippen molar-refractivity contribution in [3.8, 4) is 11.5 Å². The molecule has 0 unspecified atom stereocenters. The maximum Gasteiger partial charge on any atom is 0.133 e. The monoisotopic (exact) mass is 279 g/mol. The van der Waals surface area contributed by atoms with Gasteiger partial charge in [-0.25, -0.2) is 0 Å². The molecule has 106 valence electrons. The van der Waals surface area contributed by atoms with E-state index in [0.717, 1.165) is 22.2 Å². The van der Waals surface area contributed by atoms with Gasteiger partial charge in [0.25, 0.3) is 0 Å². The minimum absolute atomic E-state index is 0.514. The van der Waals surface area contributed by atoms with Crippen LogP contribution in [-0.2, 0) is 0 Å². The van der Waals surface area contributed by atoms with Gasteiger partial charge in [0.15, 0.2) is 0 Å². The number of aliphatic hydroxyl groups excluding tert-OH is 1.